The SMILES string of the molecule is Cc1nn(C)c(Cl)c1CC(O)c1ccc(C(F)(F)F)cc1. The van der Waals surface area contributed by atoms with Crippen LogP contribution < -0.4 is 0 Å². The molecule has 1 heterocycles. The van der Waals surface area contributed by atoms with Crippen molar-refractivity contribution in [2.45, 2.75) is 25.6 Å². The van der Waals surface area contributed by atoms with Crippen molar-refractivity contribution in [3.05, 3.63) is 51.8 Å². The van der Waals surface area contributed by atoms with Crippen molar-refractivity contribution >= 4 is 11.6 Å². The summed E-state index contributed by atoms with van der Waals surface area (Å²) in [7, 11) is 1.68. The Bertz CT molecular complexity index is 635. The predicted octanol–water partition coefficient (Wildman–Crippen LogP) is 3.68. The van der Waals surface area contributed by atoms with Crippen molar-refractivity contribution in [3.63, 3.8) is 0 Å². The van der Waals surface area contributed by atoms with Crippen LogP contribution in [0.3, 0.4) is 0 Å². The number of nitrogens with zero attached hydrogens (tertiary/aromatic N) is 2. The molecule has 1 aromatic carbocycles. The minimum absolute atomic E-state index is 0.198. The molecule has 1 N–H and O–H groups in total. The highest BCUT2D eigenvalue weighted by atomic mass is 35.5. The lowest BCUT2D eigenvalue weighted by atomic mass is 10.0. The second-order valence-corrected chi connectivity index (χ2v) is 5.18. The standard InChI is InChI=1S/C14H14ClF3N2O/c1-8-11(13(15)20(2)19-8)7-12(21)9-3-5-10(6-4-9)14(16,17)18/h3-6,12,21H,7H2,1-2H3. The van der Waals surface area contributed by atoms with Crippen LogP contribution in [-0.4, -0.2) is 14.9 Å². The molecule has 1 unspecified atom stereocenters. The first kappa shape index (κ1) is 15.9. The van der Waals surface area contributed by atoms with E-state index < -0.39 is 17.8 Å². The maximum atomic E-state index is 12.5. The summed E-state index contributed by atoms with van der Waals surface area (Å²) < 4.78 is 38.9. The highest BCUT2D eigenvalue weighted by Crippen LogP contribution is 2.31. The van der Waals surface area contributed by atoms with E-state index in [-0.39, 0.29) is 6.42 Å². The Hall–Kier alpha value is -1.53. The molecule has 7 heteroatoms. The van der Waals surface area contributed by atoms with Gasteiger partial charge in [-0.05, 0) is 24.6 Å². The largest absolute Gasteiger partial charge is 0.416 e. The van der Waals surface area contributed by atoms with E-state index >= 15 is 0 Å². The number of halogens is 4. The molecule has 0 aliphatic heterocycles. The molecular formula is C14H14ClF3N2O. The van der Waals surface area contributed by atoms with Crippen LogP contribution in [0.15, 0.2) is 24.3 Å². The van der Waals surface area contributed by atoms with E-state index in [1.54, 1.807) is 14.0 Å². The fourth-order valence-electron chi connectivity index (χ4n) is 2.11. The molecule has 1 atom stereocenters. The number of alkyl halides is 3. The number of aryl methyl sites for hydroxylation is 2. The van der Waals surface area contributed by atoms with Crippen LogP contribution in [0.5, 0.6) is 0 Å². The monoisotopic (exact) mass is 318 g/mol. The van der Waals surface area contributed by atoms with Crippen LogP contribution in [0.4, 0.5) is 13.2 Å². The van der Waals surface area contributed by atoms with Gasteiger partial charge in [0.1, 0.15) is 5.15 Å². The molecule has 0 saturated carbocycles. The van der Waals surface area contributed by atoms with Crippen molar-refractivity contribution < 1.29 is 18.3 Å². The molecule has 0 aliphatic rings. The van der Waals surface area contributed by atoms with Gasteiger partial charge in [0.15, 0.2) is 0 Å². The van der Waals surface area contributed by atoms with Gasteiger partial charge in [-0.1, -0.05) is 23.7 Å². The van der Waals surface area contributed by atoms with E-state index in [0.29, 0.717) is 22.0 Å². The van der Waals surface area contributed by atoms with Gasteiger partial charge in [0.25, 0.3) is 0 Å². The van der Waals surface area contributed by atoms with Gasteiger partial charge in [-0.15, -0.1) is 0 Å². The van der Waals surface area contributed by atoms with Crippen LogP contribution in [-0.2, 0) is 19.6 Å². The van der Waals surface area contributed by atoms with Gasteiger partial charge in [-0.3, -0.25) is 4.68 Å². The highest BCUT2D eigenvalue weighted by molar-refractivity contribution is 6.30. The van der Waals surface area contributed by atoms with Gasteiger partial charge in [0.2, 0.25) is 0 Å². The van der Waals surface area contributed by atoms with E-state index in [9.17, 15) is 18.3 Å². The summed E-state index contributed by atoms with van der Waals surface area (Å²) in [6.45, 7) is 1.76. The lowest BCUT2D eigenvalue weighted by molar-refractivity contribution is -0.137. The molecule has 2 aromatic rings. The Labute approximate surface area is 125 Å². The third-order valence-electron chi connectivity index (χ3n) is 3.29. The van der Waals surface area contributed by atoms with Gasteiger partial charge in [0, 0.05) is 19.0 Å². The fourth-order valence-corrected chi connectivity index (χ4v) is 2.36. The first-order valence-electron chi connectivity index (χ1n) is 6.23. The minimum atomic E-state index is -4.38. The Morgan fingerprint density at radius 3 is 2.29 bits per heavy atom. The molecule has 0 spiro atoms. The molecule has 0 fully saturated rings. The normalized spacial score (nSPS) is 13.5. The molecule has 2 rings (SSSR count). The zero-order valence-electron chi connectivity index (χ0n) is 11.4. The lowest BCUT2D eigenvalue weighted by Gasteiger charge is -2.13. The van der Waals surface area contributed by atoms with Gasteiger partial charge < -0.3 is 5.11 Å². The molecule has 0 saturated heterocycles. The molecule has 0 bridgehead atoms. The van der Waals surface area contributed by atoms with Crippen LogP contribution >= 0.6 is 11.6 Å². The Morgan fingerprint density at radius 1 is 1.29 bits per heavy atom. The second-order valence-electron chi connectivity index (χ2n) is 4.82. The van der Waals surface area contributed by atoms with Gasteiger partial charge in [-0.25, -0.2) is 0 Å². The molecule has 0 radical (unpaired) electrons. The number of aliphatic hydroxyl groups is 1. The van der Waals surface area contributed by atoms with Crippen LogP contribution in [0.25, 0.3) is 0 Å². The maximum Gasteiger partial charge on any atom is 0.416 e. The number of aromatic nitrogens is 2. The van der Waals surface area contributed by atoms with Gasteiger partial charge in [0.05, 0.1) is 17.4 Å². The average molecular weight is 319 g/mol. The van der Waals surface area contributed by atoms with Crippen molar-refractivity contribution in [1.29, 1.82) is 0 Å². The van der Waals surface area contributed by atoms with E-state index in [2.05, 4.69) is 5.10 Å². The second kappa shape index (κ2) is 5.69. The first-order chi connectivity index (χ1) is 9.70. The Kier molecular flexibility index (Phi) is 4.30. The number of hydrogen-bond donors (Lipinski definition) is 1. The summed E-state index contributed by atoms with van der Waals surface area (Å²) in [5.74, 6) is 0. The average Bonchev–Trinajstić information content (AvgIpc) is 2.64. The zero-order chi connectivity index (χ0) is 15.8. The summed E-state index contributed by atoms with van der Waals surface area (Å²) in [4.78, 5) is 0. The number of aliphatic hydroxyl groups excluding tert-OH is 1. The van der Waals surface area contributed by atoms with Crippen molar-refractivity contribution in [2.75, 3.05) is 0 Å². The Balaban J connectivity index is 2.19. The smallest absolute Gasteiger partial charge is 0.388 e. The number of rotatable bonds is 3. The van der Waals surface area contributed by atoms with E-state index in [0.717, 1.165) is 12.1 Å². The minimum Gasteiger partial charge on any atom is -0.388 e. The zero-order valence-corrected chi connectivity index (χ0v) is 12.2. The fraction of sp³-hybridized carbons (Fsp3) is 0.357. The lowest BCUT2D eigenvalue weighted by Crippen LogP contribution is -2.07. The van der Waals surface area contributed by atoms with E-state index in [1.165, 1.54) is 16.8 Å². The van der Waals surface area contributed by atoms with E-state index in [4.69, 9.17) is 11.6 Å². The Morgan fingerprint density at radius 2 is 1.86 bits per heavy atom. The summed E-state index contributed by atoms with van der Waals surface area (Å²) in [5, 5.41) is 14.7. The molecule has 114 valence electrons. The van der Waals surface area contributed by atoms with Crippen molar-refractivity contribution in [2.24, 2.45) is 7.05 Å². The topological polar surface area (TPSA) is 38.0 Å². The van der Waals surface area contributed by atoms with Crippen LogP contribution in [0.2, 0.25) is 5.15 Å². The molecule has 0 aliphatic carbocycles. The third kappa shape index (κ3) is 3.39. The highest BCUT2D eigenvalue weighted by Gasteiger charge is 2.30. The molecular weight excluding hydrogens is 305 g/mol. The molecule has 21 heavy (non-hydrogen) atoms. The van der Waals surface area contributed by atoms with Gasteiger partial charge in [-0.2, -0.15) is 18.3 Å². The van der Waals surface area contributed by atoms with Crippen molar-refractivity contribution in [1.82, 2.24) is 9.78 Å². The maximum absolute atomic E-state index is 12.5. The summed E-state index contributed by atoms with van der Waals surface area (Å²) in [6, 6.07) is 4.45. The van der Waals surface area contributed by atoms with Crippen LogP contribution in [0, 0.1) is 6.92 Å². The molecule has 3 nitrogen and oxygen atoms in total. The number of benzene rings is 1. The summed E-state index contributed by atoms with van der Waals surface area (Å²) in [6.07, 6.45) is -5.12. The first-order valence-corrected chi connectivity index (χ1v) is 6.61. The predicted molar refractivity (Wildman–Crippen MR) is 73.1 cm³/mol. The van der Waals surface area contributed by atoms with E-state index in [1.807, 2.05) is 0 Å². The van der Waals surface area contributed by atoms with Gasteiger partial charge >= 0.3 is 6.18 Å². The third-order valence-corrected chi connectivity index (χ3v) is 3.76. The quantitative estimate of drug-likeness (QED) is 0.937. The van der Waals surface area contributed by atoms with Crippen LogP contribution in [0.1, 0.15) is 28.5 Å². The number of hydrogen-bond acceptors (Lipinski definition) is 2. The molecule has 1 aromatic heterocycles. The summed E-state index contributed by atoms with van der Waals surface area (Å²) in [5.41, 5.74) is 1.04. The summed E-state index contributed by atoms with van der Waals surface area (Å²) >= 11 is 6.07. The molecule has 0 amide bonds. The van der Waals surface area contributed by atoms with Crippen molar-refractivity contribution in [3.8, 4) is 0 Å².